The van der Waals surface area contributed by atoms with Crippen molar-refractivity contribution in [2.45, 2.75) is 19.5 Å². The number of hydrogen-bond donors (Lipinski definition) is 2. The van der Waals surface area contributed by atoms with E-state index in [1.165, 1.54) is 19.8 Å². The second-order valence-electron chi connectivity index (χ2n) is 4.73. The number of phenolic OH excluding ortho intramolecular Hbond substituents is 1. The maximum atomic E-state index is 9.89. The van der Waals surface area contributed by atoms with Crippen molar-refractivity contribution >= 4 is 0 Å². The third-order valence-corrected chi connectivity index (χ3v) is 3.36. The molecule has 1 aromatic heterocycles. The van der Waals surface area contributed by atoms with Crippen LogP contribution in [0.25, 0.3) is 0 Å². The van der Waals surface area contributed by atoms with E-state index in [2.05, 4.69) is 17.2 Å². The van der Waals surface area contributed by atoms with Gasteiger partial charge >= 0.3 is 0 Å². The number of nitrogens with one attached hydrogen (secondary N) is 1. The molecule has 5 heteroatoms. The lowest BCUT2D eigenvalue weighted by molar-refractivity contribution is 0.339. The van der Waals surface area contributed by atoms with Crippen LogP contribution in [-0.4, -0.2) is 24.3 Å². The highest BCUT2D eigenvalue weighted by atomic mass is 16.5. The van der Waals surface area contributed by atoms with E-state index in [-0.39, 0.29) is 11.8 Å². The van der Waals surface area contributed by atoms with Crippen LogP contribution in [0.1, 0.15) is 24.1 Å². The van der Waals surface area contributed by atoms with Crippen LogP contribution in [0.3, 0.4) is 0 Å². The number of nitrogens with zero attached hydrogens (tertiary/aromatic N) is 1. The van der Waals surface area contributed by atoms with Gasteiger partial charge in [0.1, 0.15) is 0 Å². The zero-order chi connectivity index (χ0) is 15.2. The molecule has 0 bridgehead atoms. The third-order valence-electron chi connectivity index (χ3n) is 3.36. The van der Waals surface area contributed by atoms with Crippen LogP contribution in [-0.2, 0) is 6.54 Å². The second-order valence-corrected chi connectivity index (χ2v) is 4.73. The molecule has 1 unspecified atom stereocenters. The highest BCUT2D eigenvalue weighted by Crippen LogP contribution is 2.37. The fourth-order valence-corrected chi connectivity index (χ4v) is 2.09. The van der Waals surface area contributed by atoms with Crippen molar-refractivity contribution in [1.29, 1.82) is 0 Å². The van der Waals surface area contributed by atoms with E-state index in [1.807, 2.05) is 12.1 Å². The fraction of sp³-hybridized carbons (Fsp3) is 0.312. The molecule has 0 spiro atoms. The van der Waals surface area contributed by atoms with E-state index in [1.54, 1.807) is 24.5 Å². The van der Waals surface area contributed by atoms with Gasteiger partial charge in [0.25, 0.3) is 0 Å². The number of methoxy groups -OCH3 is 2. The quantitative estimate of drug-likeness (QED) is 0.855. The summed E-state index contributed by atoms with van der Waals surface area (Å²) in [6.45, 7) is 2.72. The number of aromatic nitrogens is 1. The van der Waals surface area contributed by atoms with Gasteiger partial charge in [-0.2, -0.15) is 0 Å². The fourth-order valence-electron chi connectivity index (χ4n) is 2.09. The average Bonchev–Trinajstić information content (AvgIpc) is 2.54. The van der Waals surface area contributed by atoms with Gasteiger partial charge in [0.2, 0.25) is 5.75 Å². The summed E-state index contributed by atoms with van der Waals surface area (Å²) in [5.74, 6) is 0.830. The first-order chi connectivity index (χ1) is 10.2. The molecule has 1 aromatic carbocycles. The van der Waals surface area contributed by atoms with Crippen molar-refractivity contribution in [3.8, 4) is 17.2 Å². The Balaban J connectivity index is 2.09. The van der Waals surface area contributed by atoms with Crippen molar-refractivity contribution < 1.29 is 14.6 Å². The summed E-state index contributed by atoms with van der Waals surface area (Å²) < 4.78 is 10.3. The van der Waals surface area contributed by atoms with Crippen LogP contribution >= 0.6 is 0 Å². The monoisotopic (exact) mass is 288 g/mol. The molecule has 1 atom stereocenters. The normalized spacial score (nSPS) is 12.0. The van der Waals surface area contributed by atoms with E-state index in [0.717, 1.165) is 5.56 Å². The van der Waals surface area contributed by atoms with E-state index < -0.39 is 0 Å². The Morgan fingerprint density at radius 3 is 2.24 bits per heavy atom. The molecule has 5 nitrogen and oxygen atoms in total. The smallest absolute Gasteiger partial charge is 0.200 e. The minimum Gasteiger partial charge on any atom is -0.502 e. The lowest BCUT2D eigenvalue weighted by Gasteiger charge is -2.16. The Morgan fingerprint density at radius 2 is 1.71 bits per heavy atom. The maximum Gasteiger partial charge on any atom is 0.200 e. The topological polar surface area (TPSA) is 63.6 Å². The number of benzene rings is 1. The molecule has 0 amide bonds. The molecule has 0 saturated carbocycles. The summed E-state index contributed by atoms with van der Waals surface area (Å²) in [6, 6.07) is 7.75. The Morgan fingerprint density at radius 1 is 1.14 bits per heavy atom. The van der Waals surface area contributed by atoms with Crippen molar-refractivity contribution in [3.63, 3.8) is 0 Å². The SMILES string of the molecule is COc1cc(CNC(C)c2ccncc2)cc(OC)c1O. The predicted molar refractivity (Wildman–Crippen MR) is 80.7 cm³/mol. The molecule has 2 aromatic rings. The standard InChI is InChI=1S/C16H20N2O3/c1-11(13-4-6-17-7-5-13)18-10-12-8-14(20-2)16(19)15(9-12)21-3/h4-9,11,18-19H,10H2,1-3H3. The molecule has 0 aliphatic rings. The summed E-state index contributed by atoms with van der Waals surface area (Å²) in [4.78, 5) is 4.01. The first-order valence-corrected chi connectivity index (χ1v) is 6.73. The molecule has 2 N–H and O–H groups in total. The Kier molecular flexibility index (Phi) is 5.00. The number of phenols is 1. The average molecular weight is 288 g/mol. The molecule has 0 saturated heterocycles. The highest BCUT2D eigenvalue weighted by molar-refractivity contribution is 5.52. The number of hydrogen-bond acceptors (Lipinski definition) is 5. The van der Waals surface area contributed by atoms with Crippen molar-refractivity contribution in [2.75, 3.05) is 14.2 Å². The van der Waals surface area contributed by atoms with Crippen LogP contribution in [0, 0.1) is 0 Å². The molecule has 112 valence electrons. The molecule has 0 aliphatic heterocycles. The first-order valence-electron chi connectivity index (χ1n) is 6.73. The summed E-state index contributed by atoms with van der Waals surface area (Å²) >= 11 is 0. The molecule has 0 radical (unpaired) electrons. The van der Waals surface area contributed by atoms with Gasteiger partial charge in [-0.1, -0.05) is 0 Å². The summed E-state index contributed by atoms with van der Waals surface area (Å²) in [5, 5.41) is 13.3. The maximum absolute atomic E-state index is 9.89. The van der Waals surface area contributed by atoms with Gasteiger partial charge in [0, 0.05) is 25.0 Å². The van der Waals surface area contributed by atoms with E-state index >= 15 is 0 Å². The third kappa shape index (κ3) is 3.64. The highest BCUT2D eigenvalue weighted by Gasteiger charge is 2.12. The molecule has 2 rings (SSSR count). The van der Waals surface area contributed by atoms with Gasteiger partial charge in [0.05, 0.1) is 14.2 Å². The van der Waals surface area contributed by atoms with Crippen molar-refractivity contribution in [3.05, 3.63) is 47.8 Å². The van der Waals surface area contributed by atoms with Gasteiger partial charge in [-0.05, 0) is 42.3 Å². The molecule has 0 fully saturated rings. The van der Waals surface area contributed by atoms with Crippen LogP contribution < -0.4 is 14.8 Å². The minimum atomic E-state index is 0.0194. The largest absolute Gasteiger partial charge is 0.502 e. The Hall–Kier alpha value is -2.27. The summed E-state index contributed by atoms with van der Waals surface area (Å²) in [6.07, 6.45) is 3.56. The number of ether oxygens (including phenoxy) is 2. The van der Waals surface area contributed by atoms with E-state index in [4.69, 9.17) is 9.47 Å². The van der Waals surface area contributed by atoms with Crippen molar-refractivity contribution in [1.82, 2.24) is 10.3 Å². The van der Waals surface area contributed by atoms with Crippen LogP contribution in [0.4, 0.5) is 0 Å². The number of pyridine rings is 1. The van der Waals surface area contributed by atoms with Crippen LogP contribution in [0.2, 0.25) is 0 Å². The summed E-state index contributed by atoms with van der Waals surface area (Å²) in [7, 11) is 3.04. The number of aromatic hydroxyl groups is 1. The van der Waals surface area contributed by atoms with Crippen LogP contribution in [0.5, 0.6) is 17.2 Å². The van der Waals surface area contributed by atoms with E-state index in [0.29, 0.717) is 18.0 Å². The molecule has 1 heterocycles. The number of rotatable bonds is 6. The van der Waals surface area contributed by atoms with E-state index in [9.17, 15) is 5.11 Å². The molecular formula is C16H20N2O3. The lowest BCUT2D eigenvalue weighted by atomic mass is 10.1. The van der Waals surface area contributed by atoms with Gasteiger partial charge < -0.3 is 19.9 Å². The first kappa shape index (κ1) is 15.1. The predicted octanol–water partition coefficient (Wildman–Crippen LogP) is 2.66. The Labute approximate surface area is 124 Å². The molecule has 0 aliphatic carbocycles. The van der Waals surface area contributed by atoms with Gasteiger partial charge in [-0.25, -0.2) is 0 Å². The Bertz CT molecular complexity index is 562. The van der Waals surface area contributed by atoms with Gasteiger partial charge in [-0.15, -0.1) is 0 Å². The molecule has 21 heavy (non-hydrogen) atoms. The van der Waals surface area contributed by atoms with Gasteiger partial charge in [-0.3, -0.25) is 4.98 Å². The molecular weight excluding hydrogens is 268 g/mol. The van der Waals surface area contributed by atoms with Crippen molar-refractivity contribution in [2.24, 2.45) is 0 Å². The second kappa shape index (κ2) is 6.95. The van der Waals surface area contributed by atoms with Crippen LogP contribution in [0.15, 0.2) is 36.7 Å². The zero-order valence-electron chi connectivity index (χ0n) is 12.5. The minimum absolute atomic E-state index is 0.0194. The zero-order valence-corrected chi connectivity index (χ0v) is 12.5. The van der Waals surface area contributed by atoms with Gasteiger partial charge in [0.15, 0.2) is 11.5 Å². The summed E-state index contributed by atoms with van der Waals surface area (Å²) in [5.41, 5.74) is 2.14. The lowest BCUT2D eigenvalue weighted by Crippen LogP contribution is -2.18.